The van der Waals surface area contributed by atoms with Crippen LogP contribution in [-0.4, -0.2) is 5.33 Å². The Balaban J connectivity index is 2.19. The average molecular weight is 329 g/mol. The zero-order chi connectivity index (χ0) is 13.7. The summed E-state index contributed by atoms with van der Waals surface area (Å²) >= 11 is 3.54. The van der Waals surface area contributed by atoms with Crippen LogP contribution < -0.4 is 0 Å². The lowest BCUT2D eigenvalue weighted by molar-refractivity contribution is 0.151. The van der Waals surface area contributed by atoms with E-state index in [0.717, 1.165) is 10.9 Å². The van der Waals surface area contributed by atoms with E-state index < -0.39 is 6.43 Å². The number of allylic oxidation sites excluding steroid dienone is 1. The molecule has 1 aliphatic rings. The molecule has 0 saturated heterocycles. The van der Waals surface area contributed by atoms with Gasteiger partial charge in [0.1, 0.15) is 0 Å². The van der Waals surface area contributed by atoms with Crippen molar-refractivity contribution in [2.24, 2.45) is 5.92 Å². The van der Waals surface area contributed by atoms with E-state index in [-0.39, 0.29) is 5.56 Å². The van der Waals surface area contributed by atoms with Gasteiger partial charge in [-0.3, -0.25) is 0 Å². The average Bonchev–Trinajstić information content (AvgIpc) is 2.46. The van der Waals surface area contributed by atoms with E-state index in [1.807, 2.05) is 6.07 Å². The Bertz CT molecular complexity index is 434. The highest BCUT2D eigenvalue weighted by Crippen LogP contribution is 2.32. The lowest BCUT2D eigenvalue weighted by atomic mass is 9.84. The molecule has 0 aliphatic heterocycles. The third-order valence-corrected chi connectivity index (χ3v) is 4.45. The summed E-state index contributed by atoms with van der Waals surface area (Å²) in [5, 5.41) is 0.830. The standard InChI is InChI=1S/C16H19BrF2/c17-11-15(13-6-2-1-3-7-13)10-12-5-4-8-14(9-12)16(18)19/h4-5,8-10,13,16H,1-3,6-7,11H2/b15-10-. The maximum absolute atomic E-state index is 12.7. The predicted molar refractivity (Wildman–Crippen MR) is 79.7 cm³/mol. The SMILES string of the molecule is FC(F)c1cccc(/C=C(/CBr)C2CCCCC2)c1. The Labute approximate surface area is 122 Å². The molecule has 1 fully saturated rings. The molecule has 0 radical (unpaired) electrons. The van der Waals surface area contributed by atoms with E-state index in [0.29, 0.717) is 5.92 Å². The number of halogens is 3. The molecule has 3 heteroatoms. The van der Waals surface area contributed by atoms with Gasteiger partial charge in [0, 0.05) is 10.9 Å². The van der Waals surface area contributed by atoms with Gasteiger partial charge in [0.15, 0.2) is 0 Å². The molecular weight excluding hydrogens is 310 g/mol. The van der Waals surface area contributed by atoms with Gasteiger partial charge in [0.05, 0.1) is 0 Å². The van der Waals surface area contributed by atoms with Crippen LogP contribution in [0.25, 0.3) is 6.08 Å². The molecule has 0 spiro atoms. The van der Waals surface area contributed by atoms with Gasteiger partial charge in [0.25, 0.3) is 6.43 Å². The van der Waals surface area contributed by atoms with Crippen LogP contribution in [-0.2, 0) is 0 Å². The van der Waals surface area contributed by atoms with Crippen LogP contribution in [0.2, 0.25) is 0 Å². The van der Waals surface area contributed by atoms with Gasteiger partial charge >= 0.3 is 0 Å². The Hall–Kier alpha value is -0.700. The first kappa shape index (κ1) is 14.7. The number of alkyl halides is 3. The van der Waals surface area contributed by atoms with E-state index in [9.17, 15) is 8.78 Å². The molecule has 0 nitrogen and oxygen atoms in total. The third kappa shape index (κ3) is 4.13. The first-order chi connectivity index (χ1) is 9.20. The Kier molecular flexibility index (Phi) is 5.56. The molecule has 0 N–H and O–H groups in total. The summed E-state index contributed by atoms with van der Waals surface area (Å²) in [5.74, 6) is 0.614. The smallest absolute Gasteiger partial charge is 0.205 e. The molecule has 19 heavy (non-hydrogen) atoms. The van der Waals surface area contributed by atoms with Crippen molar-refractivity contribution in [1.82, 2.24) is 0 Å². The Morgan fingerprint density at radius 3 is 2.63 bits per heavy atom. The van der Waals surface area contributed by atoms with Crippen molar-refractivity contribution in [2.75, 3.05) is 5.33 Å². The Morgan fingerprint density at radius 2 is 2.00 bits per heavy atom. The topological polar surface area (TPSA) is 0 Å². The number of benzene rings is 1. The minimum absolute atomic E-state index is 0.103. The zero-order valence-electron chi connectivity index (χ0n) is 10.9. The monoisotopic (exact) mass is 328 g/mol. The first-order valence-electron chi connectivity index (χ1n) is 6.85. The van der Waals surface area contributed by atoms with Gasteiger partial charge in [-0.2, -0.15) is 0 Å². The van der Waals surface area contributed by atoms with Crippen LogP contribution in [0.5, 0.6) is 0 Å². The Morgan fingerprint density at radius 1 is 1.26 bits per heavy atom. The predicted octanol–water partition coefficient (Wildman–Crippen LogP) is 5.98. The lowest BCUT2D eigenvalue weighted by Crippen LogP contribution is -2.10. The lowest BCUT2D eigenvalue weighted by Gasteiger charge is -2.23. The molecule has 1 aromatic rings. The molecule has 1 aliphatic carbocycles. The van der Waals surface area contributed by atoms with Crippen molar-refractivity contribution in [2.45, 2.75) is 38.5 Å². The van der Waals surface area contributed by atoms with Crippen molar-refractivity contribution in [3.8, 4) is 0 Å². The molecule has 0 heterocycles. The quantitative estimate of drug-likeness (QED) is 0.596. The van der Waals surface area contributed by atoms with Crippen LogP contribution in [0.4, 0.5) is 8.78 Å². The summed E-state index contributed by atoms with van der Waals surface area (Å²) < 4.78 is 25.4. The fraction of sp³-hybridized carbons (Fsp3) is 0.500. The van der Waals surface area contributed by atoms with Crippen molar-refractivity contribution < 1.29 is 8.78 Å². The van der Waals surface area contributed by atoms with Gasteiger partial charge in [-0.05, 0) is 30.4 Å². The van der Waals surface area contributed by atoms with E-state index in [4.69, 9.17) is 0 Å². The van der Waals surface area contributed by atoms with Crippen LogP contribution in [0, 0.1) is 5.92 Å². The number of hydrogen-bond donors (Lipinski definition) is 0. The van der Waals surface area contributed by atoms with Crippen molar-refractivity contribution >= 4 is 22.0 Å². The summed E-state index contributed by atoms with van der Waals surface area (Å²) in [5.41, 5.74) is 2.33. The summed E-state index contributed by atoms with van der Waals surface area (Å²) in [6.07, 6.45) is 6.04. The van der Waals surface area contributed by atoms with E-state index in [1.165, 1.54) is 43.7 Å². The maximum Gasteiger partial charge on any atom is 0.263 e. The molecule has 0 bridgehead atoms. The highest BCUT2D eigenvalue weighted by atomic mass is 79.9. The van der Waals surface area contributed by atoms with Crippen LogP contribution in [0.3, 0.4) is 0 Å². The minimum atomic E-state index is -2.39. The second kappa shape index (κ2) is 7.18. The summed E-state index contributed by atoms with van der Waals surface area (Å²) in [4.78, 5) is 0. The molecule has 1 saturated carbocycles. The van der Waals surface area contributed by atoms with Gasteiger partial charge in [0.2, 0.25) is 0 Å². The highest BCUT2D eigenvalue weighted by molar-refractivity contribution is 9.09. The van der Waals surface area contributed by atoms with Crippen LogP contribution in [0.1, 0.15) is 49.7 Å². The second-order valence-corrected chi connectivity index (χ2v) is 5.72. The van der Waals surface area contributed by atoms with E-state index in [1.54, 1.807) is 12.1 Å². The normalized spacial score (nSPS) is 18.0. The maximum atomic E-state index is 12.7. The molecule has 0 amide bonds. The molecule has 2 rings (SSSR count). The largest absolute Gasteiger partial charge is 0.263 e. The minimum Gasteiger partial charge on any atom is -0.205 e. The molecular formula is C16H19BrF2. The van der Waals surface area contributed by atoms with Gasteiger partial charge in [-0.1, -0.05) is 65.0 Å². The van der Waals surface area contributed by atoms with Gasteiger partial charge in [-0.25, -0.2) is 8.78 Å². The zero-order valence-corrected chi connectivity index (χ0v) is 12.5. The summed E-state index contributed by atoms with van der Waals surface area (Å²) in [7, 11) is 0. The molecule has 0 atom stereocenters. The van der Waals surface area contributed by atoms with Crippen molar-refractivity contribution in [1.29, 1.82) is 0 Å². The summed E-state index contributed by atoms with van der Waals surface area (Å²) in [6.45, 7) is 0. The third-order valence-electron chi connectivity index (χ3n) is 3.80. The molecule has 104 valence electrons. The fourth-order valence-corrected chi connectivity index (χ4v) is 3.36. The fourth-order valence-electron chi connectivity index (χ4n) is 2.74. The van der Waals surface area contributed by atoms with Crippen molar-refractivity contribution in [3.05, 3.63) is 41.0 Å². The van der Waals surface area contributed by atoms with Crippen LogP contribution >= 0.6 is 15.9 Å². The van der Waals surface area contributed by atoms with E-state index >= 15 is 0 Å². The second-order valence-electron chi connectivity index (χ2n) is 5.16. The molecule has 1 aromatic carbocycles. The molecule has 0 unspecified atom stereocenters. The van der Waals surface area contributed by atoms with Crippen LogP contribution in [0.15, 0.2) is 29.8 Å². The number of hydrogen-bond acceptors (Lipinski definition) is 0. The first-order valence-corrected chi connectivity index (χ1v) is 7.97. The van der Waals surface area contributed by atoms with E-state index in [2.05, 4.69) is 22.0 Å². The van der Waals surface area contributed by atoms with Crippen molar-refractivity contribution in [3.63, 3.8) is 0 Å². The number of rotatable bonds is 4. The summed E-state index contributed by atoms with van der Waals surface area (Å²) in [6, 6.07) is 6.68. The molecule has 0 aromatic heterocycles. The van der Waals surface area contributed by atoms with Gasteiger partial charge < -0.3 is 0 Å². The van der Waals surface area contributed by atoms with Gasteiger partial charge in [-0.15, -0.1) is 0 Å². The highest BCUT2D eigenvalue weighted by Gasteiger charge is 2.17.